The second-order valence-electron chi connectivity index (χ2n) is 3.98. The Balaban J connectivity index is 2.29. The van der Waals surface area contributed by atoms with Gasteiger partial charge in [-0.2, -0.15) is 4.99 Å². The first-order valence-electron chi connectivity index (χ1n) is 5.21. The van der Waals surface area contributed by atoms with E-state index in [0.29, 0.717) is 5.84 Å². The lowest BCUT2D eigenvalue weighted by atomic mass is 10.1. The van der Waals surface area contributed by atoms with Gasteiger partial charge in [-0.25, -0.2) is 4.99 Å². The van der Waals surface area contributed by atoms with Gasteiger partial charge in [0, 0.05) is 5.92 Å². The SMILES string of the molecule is CCC1=CC2C(=O)N=C(C(C)C)N=C2S1. The van der Waals surface area contributed by atoms with Crippen LogP contribution in [0.2, 0.25) is 0 Å². The molecule has 2 heterocycles. The molecule has 2 rings (SSSR count). The minimum absolute atomic E-state index is 0.0559. The predicted octanol–water partition coefficient (Wildman–Crippen LogP) is 2.64. The van der Waals surface area contributed by atoms with E-state index in [9.17, 15) is 4.79 Å². The highest BCUT2D eigenvalue weighted by atomic mass is 32.2. The van der Waals surface area contributed by atoms with E-state index in [0.717, 1.165) is 11.5 Å². The number of rotatable bonds is 2. The maximum Gasteiger partial charge on any atom is 0.261 e. The average Bonchev–Trinajstić information content (AvgIpc) is 2.61. The lowest BCUT2D eigenvalue weighted by Gasteiger charge is -2.14. The Bertz CT molecular complexity index is 393. The van der Waals surface area contributed by atoms with Crippen molar-refractivity contribution in [2.24, 2.45) is 21.8 Å². The van der Waals surface area contributed by atoms with Gasteiger partial charge in [0.2, 0.25) is 0 Å². The standard InChI is InChI=1S/C11H14N2OS/c1-4-7-5-8-10(14)12-9(6(2)3)13-11(8)15-7/h5-6,8H,4H2,1-3H3. The quantitative estimate of drug-likeness (QED) is 0.720. The van der Waals surface area contributed by atoms with Crippen LogP contribution >= 0.6 is 11.8 Å². The maximum atomic E-state index is 11.7. The molecule has 0 spiro atoms. The number of carbonyl (C=O) groups is 1. The van der Waals surface area contributed by atoms with Crippen LogP contribution in [0.25, 0.3) is 0 Å². The monoisotopic (exact) mass is 222 g/mol. The van der Waals surface area contributed by atoms with Gasteiger partial charge in [-0.15, -0.1) is 0 Å². The molecule has 1 unspecified atom stereocenters. The minimum atomic E-state index is -0.188. The molecule has 0 fully saturated rings. The van der Waals surface area contributed by atoms with Gasteiger partial charge in [-0.1, -0.05) is 38.6 Å². The Morgan fingerprint density at radius 1 is 1.47 bits per heavy atom. The van der Waals surface area contributed by atoms with E-state index >= 15 is 0 Å². The number of fused-ring (bicyclic) bond motifs is 1. The van der Waals surface area contributed by atoms with Crippen molar-refractivity contribution >= 4 is 28.5 Å². The third-order valence-corrected chi connectivity index (χ3v) is 3.68. The van der Waals surface area contributed by atoms with E-state index in [1.54, 1.807) is 11.8 Å². The minimum Gasteiger partial charge on any atom is -0.271 e. The van der Waals surface area contributed by atoms with Gasteiger partial charge in [0.25, 0.3) is 5.91 Å². The summed E-state index contributed by atoms with van der Waals surface area (Å²) in [5.74, 6) is 0.644. The van der Waals surface area contributed by atoms with Crippen molar-refractivity contribution in [3.8, 4) is 0 Å². The molecule has 0 saturated carbocycles. The van der Waals surface area contributed by atoms with Crippen LogP contribution in [0.3, 0.4) is 0 Å². The zero-order valence-electron chi connectivity index (χ0n) is 9.15. The average molecular weight is 222 g/mol. The van der Waals surface area contributed by atoms with Crippen molar-refractivity contribution in [2.45, 2.75) is 27.2 Å². The Labute approximate surface area is 93.8 Å². The predicted molar refractivity (Wildman–Crippen MR) is 64.2 cm³/mol. The lowest BCUT2D eigenvalue weighted by Crippen LogP contribution is -2.24. The molecule has 0 aromatic carbocycles. The summed E-state index contributed by atoms with van der Waals surface area (Å²) in [7, 11) is 0. The molecule has 0 aromatic rings. The molecule has 1 atom stereocenters. The molecule has 0 N–H and O–H groups in total. The highest BCUT2D eigenvalue weighted by Crippen LogP contribution is 2.36. The fourth-order valence-electron chi connectivity index (χ4n) is 1.53. The fraction of sp³-hybridized carbons (Fsp3) is 0.545. The van der Waals surface area contributed by atoms with Crippen LogP contribution in [0.4, 0.5) is 0 Å². The highest BCUT2D eigenvalue weighted by molar-refractivity contribution is 8.17. The molecular formula is C11H14N2OS. The van der Waals surface area contributed by atoms with Crippen molar-refractivity contribution in [1.29, 1.82) is 0 Å². The molecule has 0 aliphatic carbocycles. The molecule has 0 aromatic heterocycles. The lowest BCUT2D eigenvalue weighted by molar-refractivity contribution is -0.118. The van der Waals surface area contributed by atoms with Gasteiger partial charge in [0.05, 0.1) is 5.04 Å². The molecule has 2 aliphatic heterocycles. The van der Waals surface area contributed by atoms with Crippen LogP contribution in [0, 0.1) is 11.8 Å². The van der Waals surface area contributed by atoms with Crippen LogP contribution < -0.4 is 0 Å². The number of amides is 1. The van der Waals surface area contributed by atoms with Gasteiger partial charge in [0.15, 0.2) is 0 Å². The Kier molecular flexibility index (Phi) is 2.78. The number of thioether (sulfide) groups is 1. The normalized spacial score (nSPS) is 24.9. The van der Waals surface area contributed by atoms with Crippen molar-refractivity contribution in [3.05, 3.63) is 11.0 Å². The second kappa shape index (κ2) is 3.93. The van der Waals surface area contributed by atoms with Gasteiger partial charge in [-0.3, -0.25) is 4.79 Å². The Morgan fingerprint density at radius 3 is 2.80 bits per heavy atom. The van der Waals surface area contributed by atoms with Gasteiger partial charge >= 0.3 is 0 Å². The molecule has 0 saturated heterocycles. The van der Waals surface area contributed by atoms with Crippen molar-refractivity contribution in [2.75, 3.05) is 0 Å². The number of hydrogen-bond acceptors (Lipinski definition) is 3. The third-order valence-electron chi connectivity index (χ3n) is 2.43. The van der Waals surface area contributed by atoms with Crippen LogP contribution in [-0.4, -0.2) is 16.8 Å². The second-order valence-corrected chi connectivity index (χ2v) is 5.13. The van der Waals surface area contributed by atoms with Crippen LogP contribution in [0.1, 0.15) is 27.2 Å². The Morgan fingerprint density at radius 2 is 2.20 bits per heavy atom. The van der Waals surface area contributed by atoms with Gasteiger partial charge < -0.3 is 0 Å². The number of hydrogen-bond donors (Lipinski definition) is 0. The van der Waals surface area contributed by atoms with Crippen LogP contribution in [0.5, 0.6) is 0 Å². The number of aliphatic imine (C=N–C) groups is 2. The van der Waals surface area contributed by atoms with Gasteiger partial charge in [0.1, 0.15) is 11.8 Å². The van der Waals surface area contributed by atoms with Crippen molar-refractivity contribution < 1.29 is 4.79 Å². The van der Waals surface area contributed by atoms with Crippen molar-refractivity contribution in [1.82, 2.24) is 0 Å². The zero-order valence-corrected chi connectivity index (χ0v) is 9.97. The summed E-state index contributed by atoms with van der Waals surface area (Å²) >= 11 is 1.63. The molecule has 1 amide bonds. The van der Waals surface area contributed by atoms with Crippen LogP contribution in [-0.2, 0) is 4.79 Å². The van der Waals surface area contributed by atoms with Crippen molar-refractivity contribution in [3.63, 3.8) is 0 Å². The number of amidine groups is 1. The number of allylic oxidation sites excluding steroid dienone is 1. The van der Waals surface area contributed by atoms with E-state index in [4.69, 9.17) is 0 Å². The number of nitrogens with zero attached hydrogens (tertiary/aromatic N) is 2. The third kappa shape index (κ3) is 1.91. The first-order chi connectivity index (χ1) is 7.11. The molecule has 0 bridgehead atoms. The van der Waals surface area contributed by atoms with E-state index in [1.807, 2.05) is 19.9 Å². The van der Waals surface area contributed by atoms with E-state index in [1.165, 1.54) is 4.91 Å². The summed E-state index contributed by atoms with van der Waals surface area (Å²) in [4.78, 5) is 21.4. The topological polar surface area (TPSA) is 41.8 Å². The molecule has 3 nitrogen and oxygen atoms in total. The van der Waals surface area contributed by atoms with E-state index in [-0.39, 0.29) is 17.7 Å². The molecule has 0 radical (unpaired) electrons. The number of carbonyl (C=O) groups excluding carboxylic acids is 1. The largest absolute Gasteiger partial charge is 0.271 e. The first-order valence-corrected chi connectivity index (χ1v) is 6.03. The zero-order chi connectivity index (χ0) is 11.0. The molecule has 4 heteroatoms. The smallest absolute Gasteiger partial charge is 0.261 e. The van der Waals surface area contributed by atoms with Crippen LogP contribution in [0.15, 0.2) is 21.0 Å². The molecule has 15 heavy (non-hydrogen) atoms. The summed E-state index contributed by atoms with van der Waals surface area (Å²) in [5, 5.41) is 0.913. The van der Waals surface area contributed by atoms with Gasteiger partial charge in [-0.05, 0) is 11.3 Å². The fourth-order valence-corrected chi connectivity index (χ4v) is 2.58. The molecular weight excluding hydrogens is 208 g/mol. The summed E-state index contributed by atoms with van der Waals surface area (Å²) in [6.07, 6.45) is 2.96. The highest BCUT2D eigenvalue weighted by Gasteiger charge is 2.33. The first kappa shape index (κ1) is 10.6. The van der Waals surface area contributed by atoms with E-state index in [2.05, 4.69) is 16.9 Å². The Hall–Kier alpha value is -0.900. The summed E-state index contributed by atoms with van der Waals surface area (Å²) < 4.78 is 0. The summed E-state index contributed by atoms with van der Waals surface area (Å²) in [5.41, 5.74) is 0. The summed E-state index contributed by atoms with van der Waals surface area (Å²) in [6, 6.07) is 0. The summed E-state index contributed by atoms with van der Waals surface area (Å²) in [6.45, 7) is 6.10. The molecule has 2 aliphatic rings. The molecule has 80 valence electrons. The maximum absolute atomic E-state index is 11.7. The van der Waals surface area contributed by atoms with E-state index < -0.39 is 0 Å².